The predicted octanol–water partition coefficient (Wildman–Crippen LogP) is 5.93. The molecule has 0 unspecified atom stereocenters. The van der Waals surface area contributed by atoms with Gasteiger partial charge in [0.25, 0.3) is 0 Å². The zero-order valence-electron chi connectivity index (χ0n) is 13.1. The van der Waals surface area contributed by atoms with Gasteiger partial charge in [-0.05, 0) is 54.7 Å². The fraction of sp³-hybridized carbons (Fsp3) is 0.263. The summed E-state index contributed by atoms with van der Waals surface area (Å²) >= 11 is 12.1. The Labute approximate surface area is 147 Å². The number of Topliss-reactive ketones (excluding diaryl/α,β-unsaturated/α-hetero) is 1. The summed E-state index contributed by atoms with van der Waals surface area (Å²) in [6.07, 6.45) is 8.64. The number of carbonyl (C=O) groups excluding carboxylic acids is 1. The number of pyridine rings is 1. The highest BCUT2D eigenvalue weighted by molar-refractivity contribution is 6.35. The SMILES string of the molecule is CCCC/C(=C/Cc1ccc(Cl)cc1Cl)C(=O)c1cccnc1. The number of allylic oxidation sites excluding steroid dienone is 2. The fourth-order valence-corrected chi connectivity index (χ4v) is 2.76. The highest BCUT2D eigenvalue weighted by atomic mass is 35.5. The summed E-state index contributed by atoms with van der Waals surface area (Å²) in [6.45, 7) is 2.11. The minimum absolute atomic E-state index is 0.0386. The van der Waals surface area contributed by atoms with Crippen LogP contribution >= 0.6 is 23.2 Å². The molecule has 4 heteroatoms. The van der Waals surface area contributed by atoms with Gasteiger partial charge in [-0.25, -0.2) is 0 Å². The van der Waals surface area contributed by atoms with E-state index in [1.807, 2.05) is 18.2 Å². The predicted molar refractivity (Wildman–Crippen MR) is 96.3 cm³/mol. The van der Waals surface area contributed by atoms with Crippen molar-refractivity contribution < 1.29 is 4.79 Å². The van der Waals surface area contributed by atoms with E-state index < -0.39 is 0 Å². The van der Waals surface area contributed by atoms with Crippen LogP contribution in [0.3, 0.4) is 0 Å². The first-order valence-electron chi connectivity index (χ1n) is 7.69. The van der Waals surface area contributed by atoms with Crippen molar-refractivity contribution in [3.63, 3.8) is 0 Å². The van der Waals surface area contributed by atoms with Crippen LogP contribution in [0.25, 0.3) is 0 Å². The molecule has 120 valence electrons. The Hall–Kier alpha value is -1.64. The molecule has 23 heavy (non-hydrogen) atoms. The molecule has 1 aromatic heterocycles. The summed E-state index contributed by atoms with van der Waals surface area (Å²) in [5.41, 5.74) is 2.40. The molecule has 1 heterocycles. The third-order valence-corrected chi connectivity index (χ3v) is 4.19. The van der Waals surface area contributed by atoms with Gasteiger partial charge in [-0.15, -0.1) is 0 Å². The second-order valence-corrected chi connectivity index (χ2v) is 6.19. The maximum absolute atomic E-state index is 12.6. The largest absolute Gasteiger partial charge is 0.289 e. The first kappa shape index (κ1) is 17.7. The minimum atomic E-state index is 0.0386. The molecule has 0 aliphatic rings. The van der Waals surface area contributed by atoms with Crippen LogP contribution in [0.2, 0.25) is 10.0 Å². The lowest BCUT2D eigenvalue weighted by Crippen LogP contribution is -2.05. The molecule has 0 aliphatic heterocycles. The third-order valence-electron chi connectivity index (χ3n) is 3.60. The van der Waals surface area contributed by atoms with E-state index >= 15 is 0 Å². The first-order chi connectivity index (χ1) is 11.1. The molecular weight excluding hydrogens is 329 g/mol. The lowest BCUT2D eigenvalue weighted by atomic mass is 9.97. The molecule has 1 aromatic carbocycles. The van der Waals surface area contributed by atoms with Gasteiger partial charge in [-0.1, -0.05) is 48.7 Å². The Bertz CT molecular complexity index is 696. The van der Waals surface area contributed by atoms with Crippen LogP contribution in [0.5, 0.6) is 0 Å². The van der Waals surface area contributed by atoms with E-state index in [0.29, 0.717) is 22.0 Å². The molecule has 0 amide bonds. The number of ketones is 1. The van der Waals surface area contributed by atoms with E-state index in [1.54, 1.807) is 30.6 Å². The van der Waals surface area contributed by atoms with Crippen molar-refractivity contribution in [2.75, 3.05) is 0 Å². The van der Waals surface area contributed by atoms with E-state index in [9.17, 15) is 4.79 Å². The second kappa shape index (κ2) is 8.85. The van der Waals surface area contributed by atoms with Crippen molar-refractivity contribution >= 4 is 29.0 Å². The van der Waals surface area contributed by atoms with Crippen LogP contribution in [0.4, 0.5) is 0 Å². The molecular formula is C19H19Cl2NO. The molecule has 0 N–H and O–H groups in total. The Kier molecular flexibility index (Phi) is 6.82. The average molecular weight is 348 g/mol. The number of benzene rings is 1. The van der Waals surface area contributed by atoms with Crippen LogP contribution in [0.15, 0.2) is 54.4 Å². The number of nitrogens with zero attached hydrogens (tertiary/aromatic N) is 1. The Morgan fingerprint density at radius 1 is 1.26 bits per heavy atom. The molecule has 2 rings (SSSR count). The van der Waals surface area contributed by atoms with Gasteiger partial charge in [0.15, 0.2) is 5.78 Å². The summed E-state index contributed by atoms with van der Waals surface area (Å²) in [5, 5.41) is 1.23. The lowest BCUT2D eigenvalue weighted by Gasteiger charge is -2.07. The smallest absolute Gasteiger partial charge is 0.190 e. The lowest BCUT2D eigenvalue weighted by molar-refractivity contribution is 0.102. The molecule has 2 aromatic rings. The van der Waals surface area contributed by atoms with Crippen molar-refractivity contribution in [2.45, 2.75) is 32.6 Å². The second-order valence-electron chi connectivity index (χ2n) is 5.34. The van der Waals surface area contributed by atoms with Gasteiger partial charge in [0, 0.05) is 28.0 Å². The quantitative estimate of drug-likeness (QED) is 0.458. The number of unbranched alkanes of at least 4 members (excludes halogenated alkanes) is 1. The van der Waals surface area contributed by atoms with Gasteiger partial charge in [-0.3, -0.25) is 9.78 Å². The summed E-state index contributed by atoms with van der Waals surface area (Å²) in [6, 6.07) is 9.00. The molecule has 0 bridgehead atoms. The van der Waals surface area contributed by atoms with Crippen LogP contribution in [0, 0.1) is 0 Å². The average Bonchev–Trinajstić information content (AvgIpc) is 2.56. The summed E-state index contributed by atoms with van der Waals surface area (Å²) in [4.78, 5) is 16.7. The molecule has 0 atom stereocenters. The minimum Gasteiger partial charge on any atom is -0.289 e. The third kappa shape index (κ3) is 5.19. The summed E-state index contributed by atoms with van der Waals surface area (Å²) in [7, 11) is 0. The van der Waals surface area contributed by atoms with Gasteiger partial charge in [0.05, 0.1) is 0 Å². The standard InChI is InChI=1S/C19H19Cl2NO/c1-2-3-5-15(19(23)16-6-4-11-22-13-16)8-7-14-9-10-17(20)12-18(14)21/h4,6,8-13H,2-3,5,7H2,1H3/b15-8-. The number of halogens is 2. The fourth-order valence-electron chi connectivity index (χ4n) is 2.28. The number of rotatable bonds is 7. The topological polar surface area (TPSA) is 30.0 Å². The van der Waals surface area contributed by atoms with Gasteiger partial charge < -0.3 is 0 Å². The molecule has 0 radical (unpaired) electrons. The molecule has 0 spiro atoms. The van der Waals surface area contributed by atoms with Crippen molar-refractivity contribution in [3.8, 4) is 0 Å². The van der Waals surface area contributed by atoms with Crippen LogP contribution in [-0.4, -0.2) is 10.8 Å². The number of hydrogen-bond acceptors (Lipinski definition) is 2. The van der Waals surface area contributed by atoms with Crippen molar-refractivity contribution in [2.24, 2.45) is 0 Å². The van der Waals surface area contributed by atoms with Crippen molar-refractivity contribution in [1.82, 2.24) is 4.98 Å². The van der Waals surface area contributed by atoms with Gasteiger partial charge in [0.1, 0.15) is 0 Å². The first-order valence-corrected chi connectivity index (χ1v) is 8.45. The maximum atomic E-state index is 12.6. The molecule has 0 saturated heterocycles. The Balaban J connectivity index is 2.21. The Morgan fingerprint density at radius 3 is 2.74 bits per heavy atom. The maximum Gasteiger partial charge on any atom is 0.190 e. The van der Waals surface area contributed by atoms with Crippen LogP contribution < -0.4 is 0 Å². The van der Waals surface area contributed by atoms with Gasteiger partial charge in [0.2, 0.25) is 0 Å². The van der Waals surface area contributed by atoms with Crippen LogP contribution in [-0.2, 0) is 6.42 Å². The molecule has 2 nitrogen and oxygen atoms in total. The molecule has 0 saturated carbocycles. The van der Waals surface area contributed by atoms with Crippen molar-refractivity contribution in [1.29, 1.82) is 0 Å². The van der Waals surface area contributed by atoms with E-state index in [0.717, 1.165) is 30.4 Å². The number of carbonyl (C=O) groups is 1. The number of hydrogen-bond donors (Lipinski definition) is 0. The van der Waals surface area contributed by atoms with E-state index in [2.05, 4.69) is 11.9 Å². The monoisotopic (exact) mass is 347 g/mol. The van der Waals surface area contributed by atoms with E-state index in [-0.39, 0.29) is 5.78 Å². The van der Waals surface area contributed by atoms with Gasteiger partial charge in [-0.2, -0.15) is 0 Å². The van der Waals surface area contributed by atoms with Gasteiger partial charge >= 0.3 is 0 Å². The zero-order chi connectivity index (χ0) is 16.7. The van der Waals surface area contributed by atoms with Crippen molar-refractivity contribution in [3.05, 3.63) is 75.5 Å². The summed E-state index contributed by atoms with van der Waals surface area (Å²) < 4.78 is 0. The summed E-state index contributed by atoms with van der Waals surface area (Å²) in [5.74, 6) is 0.0386. The Morgan fingerprint density at radius 2 is 2.09 bits per heavy atom. The molecule has 0 fully saturated rings. The van der Waals surface area contributed by atoms with E-state index in [1.165, 1.54) is 0 Å². The number of aromatic nitrogens is 1. The highest BCUT2D eigenvalue weighted by Gasteiger charge is 2.12. The van der Waals surface area contributed by atoms with E-state index in [4.69, 9.17) is 23.2 Å². The zero-order valence-corrected chi connectivity index (χ0v) is 14.6. The highest BCUT2D eigenvalue weighted by Crippen LogP contribution is 2.23. The normalized spacial score (nSPS) is 11.5. The molecule has 0 aliphatic carbocycles. The van der Waals surface area contributed by atoms with Crippen LogP contribution in [0.1, 0.15) is 42.1 Å².